The van der Waals surface area contributed by atoms with Crippen LogP contribution in [-0.4, -0.2) is 42.5 Å². The van der Waals surface area contributed by atoms with Gasteiger partial charge in [-0.25, -0.2) is 4.39 Å². The number of aromatic nitrogens is 1. The molecule has 3 rings (SSSR count). The van der Waals surface area contributed by atoms with Crippen molar-refractivity contribution in [3.63, 3.8) is 0 Å². The molecule has 0 aliphatic carbocycles. The van der Waals surface area contributed by atoms with E-state index in [2.05, 4.69) is 20.2 Å². The highest BCUT2D eigenvalue weighted by atomic mass is 127. The number of guanidine groups is 1. The van der Waals surface area contributed by atoms with Crippen LogP contribution in [-0.2, 0) is 6.42 Å². The van der Waals surface area contributed by atoms with Crippen LogP contribution in [0.25, 0.3) is 10.9 Å². The Morgan fingerprint density at radius 2 is 2.14 bits per heavy atom. The van der Waals surface area contributed by atoms with Gasteiger partial charge < -0.3 is 15.2 Å². The van der Waals surface area contributed by atoms with E-state index in [9.17, 15) is 4.39 Å². The summed E-state index contributed by atoms with van der Waals surface area (Å²) in [6.07, 6.45) is 5.34. The molecule has 120 valence electrons. The molecule has 0 spiro atoms. The molecule has 0 saturated carbocycles. The van der Waals surface area contributed by atoms with Crippen molar-refractivity contribution < 1.29 is 4.39 Å². The fraction of sp³-hybridized carbons (Fsp3) is 0.438. The monoisotopic (exact) mass is 416 g/mol. The second-order valence-corrected chi connectivity index (χ2v) is 5.42. The van der Waals surface area contributed by atoms with Crippen molar-refractivity contribution in [2.75, 3.05) is 26.7 Å². The number of rotatable bonds is 3. The van der Waals surface area contributed by atoms with E-state index in [-0.39, 0.29) is 29.8 Å². The average Bonchev–Trinajstić information content (AvgIpc) is 3.13. The van der Waals surface area contributed by atoms with Crippen LogP contribution in [0.1, 0.15) is 18.4 Å². The molecule has 0 radical (unpaired) electrons. The minimum Gasteiger partial charge on any atom is -0.361 e. The molecule has 4 nitrogen and oxygen atoms in total. The molecule has 0 atom stereocenters. The highest BCUT2D eigenvalue weighted by Crippen LogP contribution is 2.19. The predicted molar refractivity (Wildman–Crippen MR) is 99.5 cm³/mol. The molecule has 0 unspecified atom stereocenters. The Bertz CT molecular complexity index is 647. The lowest BCUT2D eigenvalue weighted by atomic mass is 10.1. The summed E-state index contributed by atoms with van der Waals surface area (Å²) in [7, 11) is 1.83. The SMILES string of the molecule is CN=C(NCCc1c[nH]c2cc(F)ccc12)N1CCCC1.I. The number of hydrogen-bond donors (Lipinski definition) is 2. The number of nitrogens with zero attached hydrogens (tertiary/aromatic N) is 2. The fourth-order valence-electron chi connectivity index (χ4n) is 2.94. The van der Waals surface area contributed by atoms with Gasteiger partial charge in [-0.2, -0.15) is 0 Å². The summed E-state index contributed by atoms with van der Waals surface area (Å²) in [5.41, 5.74) is 2.06. The zero-order valence-corrected chi connectivity index (χ0v) is 15.1. The predicted octanol–water partition coefficient (Wildman–Crippen LogP) is 3.14. The summed E-state index contributed by atoms with van der Waals surface area (Å²) in [4.78, 5) is 9.76. The number of aromatic amines is 1. The van der Waals surface area contributed by atoms with Gasteiger partial charge in [0.2, 0.25) is 0 Å². The summed E-state index contributed by atoms with van der Waals surface area (Å²) in [5.74, 6) is 0.779. The zero-order chi connectivity index (χ0) is 14.7. The Morgan fingerprint density at radius 3 is 2.86 bits per heavy atom. The van der Waals surface area contributed by atoms with Gasteiger partial charge in [0.25, 0.3) is 0 Å². The van der Waals surface area contributed by atoms with Crippen LogP contribution in [0.3, 0.4) is 0 Å². The Morgan fingerprint density at radius 1 is 1.36 bits per heavy atom. The molecule has 1 aliphatic rings. The Labute approximate surface area is 147 Å². The first-order chi connectivity index (χ1) is 10.3. The summed E-state index contributed by atoms with van der Waals surface area (Å²) < 4.78 is 13.2. The Hall–Kier alpha value is -1.31. The maximum Gasteiger partial charge on any atom is 0.193 e. The number of nitrogens with one attached hydrogen (secondary N) is 2. The van der Waals surface area contributed by atoms with Gasteiger partial charge in [0.1, 0.15) is 5.82 Å². The van der Waals surface area contributed by atoms with E-state index in [4.69, 9.17) is 0 Å². The van der Waals surface area contributed by atoms with E-state index in [1.54, 1.807) is 0 Å². The van der Waals surface area contributed by atoms with Crippen LogP contribution < -0.4 is 5.32 Å². The number of hydrogen-bond acceptors (Lipinski definition) is 1. The lowest BCUT2D eigenvalue weighted by molar-refractivity contribution is 0.494. The molecule has 1 aromatic carbocycles. The highest BCUT2D eigenvalue weighted by molar-refractivity contribution is 14.0. The van der Waals surface area contributed by atoms with Crippen molar-refractivity contribution in [2.24, 2.45) is 4.99 Å². The molecular weight excluding hydrogens is 394 g/mol. The third kappa shape index (κ3) is 3.71. The molecule has 22 heavy (non-hydrogen) atoms. The van der Waals surface area contributed by atoms with Crippen molar-refractivity contribution in [3.05, 3.63) is 35.8 Å². The number of halogens is 2. The molecule has 0 bridgehead atoms. The van der Waals surface area contributed by atoms with Crippen LogP contribution >= 0.6 is 24.0 Å². The number of aliphatic imine (C=N–C) groups is 1. The smallest absolute Gasteiger partial charge is 0.193 e. The second-order valence-electron chi connectivity index (χ2n) is 5.42. The van der Waals surface area contributed by atoms with Gasteiger partial charge in [-0.05, 0) is 43.0 Å². The maximum atomic E-state index is 13.2. The highest BCUT2D eigenvalue weighted by Gasteiger charge is 2.15. The fourth-order valence-corrected chi connectivity index (χ4v) is 2.94. The van der Waals surface area contributed by atoms with Gasteiger partial charge in [0.15, 0.2) is 5.96 Å². The van der Waals surface area contributed by atoms with Crippen LogP contribution in [0, 0.1) is 5.82 Å². The molecule has 6 heteroatoms. The minimum absolute atomic E-state index is 0. The third-order valence-corrected chi connectivity index (χ3v) is 4.02. The minimum atomic E-state index is -0.205. The standard InChI is InChI=1S/C16H21FN4.HI/c1-18-16(21-8-2-3-9-21)19-7-6-12-11-20-15-10-13(17)4-5-14(12)15;/h4-5,10-11,20H,2-3,6-9H2,1H3,(H,18,19);1H. The molecule has 0 amide bonds. The lowest BCUT2D eigenvalue weighted by Gasteiger charge is -2.20. The van der Waals surface area contributed by atoms with E-state index in [1.165, 1.54) is 30.5 Å². The van der Waals surface area contributed by atoms with Gasteiger partial charge in [0, 0.05) is 43.8 Å². The van der Waals surface area contributed by atoms with Gasteiger partial charge in [0.05, 0.1) is 0 Å². The van der Waals surface area contributed by atoms with Gasteiger partial charge >= 0.3 is 0 Å². The molecule has 2 N–H and O–H groups in total. The summed E-state index contributed by atoms with van der Waals surface area (Å²) in [5, 5.41) is 4.51. The summed E-state index contributed by atoms with van der Waals surface area (Å²) >= 11 is 0. The molecule has 1 aromatic heterocycles. The number of likely N-dealkylation sites (tertiary alicyclic amines) is 1. The first-order valence-corrected chi connectivity index (χ1v) is 7.49. The number of benzene rings is 1. The molecule has 2 heterocycles. The molecule has 1 aliphatic heterocycles. The number of fused-ring (bicyclic) bond motifs is 1. The van der Waals surface area contributed by atoms with Crippen molar-refractivity contribution in [3.8, 4) is 0 Å². The van der Waals surface area contributed by atoms with E-state index < -0.39 is 0 Å². The van der Waals surface area contributed by atoms with Crippen LogP contribution in [0.15, 0.2) is 29.4 Å². The van der Waals surface area contributed by atoms with Crippen LogP contribution in [0.4, 0.5) is 4.39 Å². The average molecular weight is 416 g/mol. The van der Waals surface area contributed by atoms with Crippen molar-refractivity contribution in [1.82, 2.24) is 15.2 Å². The first kappa shape index (κ1) is 17.1. The number of H-pyrrole nitrogens is 1. The Kier molecular flexibility index (Phi) is 6.05. The second kappa shape index (κ2) is 7.80. The van der Waals surface area contributed by atoms with E-state index in [0.29, 0.717) is 0 Å². The maximum absolute atomic E-state index is 13.2. The van der Waals surface area contributed by atoms with Crippen molar-refractivity contribution in [2.45, 2.75) is 19.3 Å². The largest absolute Gasteiger partial charge is 0.361 e. The topological polar surface area (TPSA) is 43.4 Å². The van der Waals surface area contributed by atoms with Gasteiger partial charge in [-0.1, -0.05) is 0 Å². The van der Waals surface area contributed by atoms with Crippen LogP contribution in [0.2, 0.25) is 0 Å². The zero-order valence-electron chi connectivity index (χ0n) is 12.7. The van der Waals surface area contributed by atoms with Gasteiger partial charge in [-0.15, -0.1) is 24.0 Å². The van der Waals surface area contributed by atoms with Crippen LogP contribution in [0.5, 0.6) is 0 Å². The van der Waals surface area contributed by atoms with E-state index >= 15 is 0 Å². The first-order valence-electron chi connectivity index (χ1n) is 7.49. The lowest BCUT2D eigenvalue weighted by Crippen LogP contribution is -2.40. The molecule has 1 fully saturated rings. The van der Waals surface area contributed by atoms with E-state index in [0.717, 1.165) is 42.9 Å². The normalized spacial score (nSPS) is 15.2. The molecule has 2 aromatic rings. The quantitative estimate of drug-likeness (QED) is 0.459. The van der Waals surface area contributed by atoms with Gasteiger partial charge in [-0.3, -0.25) is 4.99 Å². The van der Waals surface area contributed by atoms with Crippen molar-refractivity contribution in [1.29, 1.82) is 0 Å². The Balaban J connectivity index is 0.00000176. The summed E-state index contributed by atoms with van der Waals surface area (Å²) in [6.45, 7) is 3.01. The third-order valence-electron chi connectivity index (χ3n) is 4.02. The van der Waals surface area contributed by atoms with Crippen molar-refractivity contribution >= 4 is 40.8 Å². The molecular formula is C16H22FIN4. The van der Waals surface area contributed by atoms with E-state index in [1.807, 2.05) is 19.3 Å². The summed E-state index contributed by atoms with van der Waals surface area (Å²) in [6, 6.07) is 4.89. The molecule has 1 saturated heterocycles.